The van der Waals surface area contributed by atoms with Crippen molar-refractivity contribution in [1.82, 2.24) is 9.38 Å². The van der Waals surface area contributed by atoms with Gasteiger partial charge in [-0.15, -0.1) is 11.3 Å². The van der Waals surface area contributed by atoms with E-state index < -0.39 is 0 Å². The third-order valence-electron chi connectivity index (χ3n) is 2.32. The number of hydrogen-bond acceptors (Lipinski definition) is 3. The number of thiophene rings is 1. The third kappa shape index (κ3) is 1.44. The number of pyridine rings is 1. The molecule has 0 saturated carbocycles. The summed E-state index contributed by atoms with van der Waals surface area (Å²) in [5, 5.41) is 9.82. The molecule has 0 bridgehead atoms. The molecule has 3 rings (SSSR count). The second-order valence-corrected chi connectivity index (χ2v) is 5.79. The van der Waals surface area contributed by atoms with Crippen LogP contribution in [0, 0.1) is 0 Å². The van der Waals surface area contributed by atoms with Gasteiger partial charge in [0.15, 0.2) is 11.7 Å². The van der Waals surface area contributed by atoms with Crippen LogP contribution in [-0.4, -0.2) is 14.5 Å². The van der Waals surface area contributed by atoms with Gasteiger partial charge in [-0.3, -0.25) is 4.40 Å². The van der Waals surface area contributed by atoms with E-state index in [0.29, 0.717) is 0 Å². The van der Waals surface area contributed by atoms with Crippen LogP contribution in [0.2, 0.25) is 0 Å². The molecule has 0 amide bonds. The van der Waals surface area contributed by atoms with Crippen molar-refractivity contribution >= 4 is 32.8 Å². The lowest BCUT2D eigenvalue weighted by molar-refractivity contribution is 0.447. The summed E-state index contributed by atoms with van der Waals surface area (Å²) < 4.78 is 2.79. The number of nitrogens with zero attached hydrogens (tertiary/aromatic N) is 2. The highest BCUT2D eigenvalue weighted by Crippen LogP contribution is 2.32. The number of aromatic hydroxyl groups is 1. The summed E-state index contributed by atoms with van der Waals surface area (Å²) in [6.07, 6.45) is 1.75. The van der Waals surface area contributed by atoms with Crippen LogP contribution >= 0.6 is 27.3 Å². The molecule has 80 valence electrons. The first kappa shape index (κ1) is 9.86. The molecule has 1 N–H and O–H groups in total. The highest BCUT2D eigenvalue weighted by Gasteiger charge is 2.10. The van der Waals surface area contributed by atoms with Gasteiger partial charge in [-0.05, 0) is 40.2 Å². The average Bonchev–Trinajstić information content (AvgIpc) is 2.84. The van der Waals surface area contributed by atoms with E-state index in [1.807, 2.05) is 18.2 Å². The highest BCUT2D eigenvalue weighted by molar-refractivity contribution is 9.11. The monoisotopic (exact) mass is 294 g/mol. The smallest absolute Gasteiger partial charge is 0.197 e. The lowest BCUT2D eigenvalue weighted by Crippen LogP contribution is -1.87. The number of rotatable bonds is 1. The molecule has 0 aromatic carbocycles. The quantitative estimate of drug-likeness (QED) is 0.745. The Hall–Kier alpha value is -1.33. The maximum absolute atomic E-state index is 9.82. The Labute approximate surface area is 104 Å². The van der Waals surface area contributed by atoms with Crippen LogP contribution in [0.3, 0.4) is 0 Å². The SMILES string of the molecule is Oc1cccc2cnc(-c3ccc(Br)s3)n12. The Balaban J connectivity index is 2.32. The number of fused-ring (bicyclic) bond motifs is 1. The van der Waals surface area contributed by atoms with Crippen molar-refractivity contribution in [2.24, 2.45) is 0 Å². The number of aromatic nitrogens is 2. The van der Waals surface area contributed by atoms with Gasteiger partial charge < -0.3 is 5.11 Å². The molecule has 0 aliphatic heterocycles. The zero-order valence-corrected chi connectivity index (χ0v) is 10.5. The molecule has 3 aromatic heterocycles. The van der Waals surface area contributed by atoms with Gasteiger partial charge in [0.05, 0.1) is 20.4 Å². The summed E-state index contributed by atoms with van der Waals surface area (Å²) in [6, 6.07) is 9.33. The van der Waals surface area contributed by atoms with Crippen LogP contribution in [0.4, 0.5) is 0 Å². The zero-order chi connectivity index (χ0) is 11.1. The molecule has 3 nitrogen and oxygen atoms in total. The normalized spacial score (nSPS) is 11.1. The van der Waals surface area contributed by atoms with Crippen molar-refractivity contribution in [1.29, 1.82) is 0 Å². The molecule has 0 saturated heterocycles. The summed E-state index contributed by atoms with van der Waals surface area (Å²) in [5.74, 6) is 0.971. The predicted octanol–water partition coefficient (Wildman–Crippen LogP) is 3.53. The summed E-state index contributed by atoms with van der Waals surface area (Å²) in [5.41, 5.74) is 0.888. The van der Waals surface area contributed by atoms with Gasteiger partial charge in [0.2, 0.25) is 0 Å². The van der Waals surface area contributed by atoms with E-state index in [2.05, 4.69) is 20.9 Å². The topological polar surface area (TPSA) is 37.5 Å². The molecule has 0 unspecified atom stereocenters. The van der Waals surface area contributed by atoms with Crippen molar-refractivity contribution in [2.75, 3.05) is 0 Å². The van der Waals surface area contributed by atoms with Gasteiger partial charge in [0.1, 0.15) is 0 Å². The number of halogens is 1. The molecule has 16 heavy (non-hydrogen) atoms. The maximum Gasteiger partial charge on any atom is 0.197 e. The van der Waals surface area contributed by atoms with Gasteiger partial charge in [-0.25, -0.2) is 4.98 Å². The minimum atomic E-state index is 0.203. The van der Waals surface area contributed by atoms with E-state index in [1.165, 1.54) is 0 Å². The summed E-state index contributed by atoms with van der Waals surface area (Å²) in [4.78, 5) is 5.35. The Kier molecular flexibility index (Phi) is 2.22. The maximum atomic E-state index is 9.82. The van der Waals surface area contributed by atoms with Crippen LogP contribution in [0.25, 0.3) is 16.2 Å². The van der Waals surface area contributed by atoms with Crippen molar-refractivity contribution < 1.29 is 5.11 Å². The van der Waals surface area contributed by atoms with Crippen LogP contribution in [0.1, 0.15) is 0 Å². The molecule has 0 spiro atoms. The number of imidazole rings is 1. The minimum Gasteiger partial charge on any atom is -0.494 e. The lowest BCUT2D eigenvalue weighted by Gasteiger charge is -2.01. The first-order chi connectivity index (χ1) is 7.75. The Bertz CT molecular complexity index is 659. The fourth-order valence-electron chi connectivity index (χ4n) is 1.64. The largest absolute Gasteiger partial charge is 0.494 e. The number of hydrogen-bond donors (Lipinski definition) is 1. The lowest BCUT2D eigenvalue weighted by atomic mass is 10.4. The molecular formula is C11H7BrN2OS. The Morgan fingerprint density at radius 1 is 1.25 bits per heavy atom. The highest BCUT2D eigenvalue weighted by atomic mass is 79.9. The van der Waals surface area contributed by atoms with Crippen molar-refractivity contribution in [3.63, 3.8) is 0 Å². The van der Waals surface area contributed by atoms with Gasteiger partial charge in [-0.1, -0.05) is 6.07 Å². The van der Waals surface area contributed by atoms with E-state index in [4.69, 9.17) is 0 Å². The summed E-state index contributed by atoms with van der Waals surface area (Å²) >= 11 is 5.01. The molecule has 0 radical (unpaired) electrons. The van der Waals surface area contributed by atoms with Crippen molar-refractivity contribution in [3.05, 3.63) is 40.3 Å². The van der Waals surface area contributed by atoms with E-state index in [0.717, 1.165) is 20.0 Å². The molecule has 0 aliphatic rings. The molecule has 0 aliphatic carbocycles. The van der Waals surface area contributed by atoms with Crippen LogP contribution in [0.15, 0.2) is 40.3 Å². The van der Waals surface area contributed by atoms with E-state index in [9.17, 15) is 5.11 Å². The summed E-state index contributed by atoms with van der Waals surface area (Å²) in [6.45, 7) is 0. The van der Waals surface area contributed by atoms with Crippen molar-refractivity contribution in [2.45, 2.75) is 0 Å². The average molecular weight is 295 g/mol. The molecule has 0 fully saturated rings. The molecule has 0 atom stereocenters. The Morgan fingerprint density at radius 2 is 2.12 bits per heavy atom. The van der Waals surface area contributed by atoms with Gasteiger partial charge in [0.25, 0.3) is 0 Å². The van der Waals surface area contributed by atoms with Gasteiger partial charge in [0, 0.05) is 0 Å². The Morgan fingerprint density at radius 3 is 2.88 bits per heavy atom. The second-order valence-electron chi connectivity index (χ2n) is 3.33. The fraction of sp³-hybridized carbons (Fsp3) is 0. The van der Waals surface area contributed by atoms with E-state index >= 15 is 0 Å². The van der Waals surface area contributed by atoms with Gasteiger partial charge >= 0.3 is 0 Å². The summed E-state index contributed by atoms with van der Waals surface area (Å²) in [7, 11) is 0. The second kappa shape index (κ2) is 3.61. The standard InChI is InChI=1S/C11H7BrN2OS/c12-9-5-4-8(16-9)11-13-6-7-2-1-3-10(15)14(7)11/h1-6,15H. The van der Waals surface area contributed by atoms with Crippen LogP contribution in [0.5, 0.6) is 5.88 Å². The van der Waals surface area contributed by atoms with Crippen molar-refractivity contribution in [3.8, 4) is 16.6 Å². The first-order valence-electron chi connectivity index (χ1n) is 4.67. The fourth-order valence-corrected chi connectivity index (χ4v) is 3.01. The zero-order valence-electron chi connectivity index (χ0n) is 8.09. The van der Waals surface area contributed by atoms with E-state index in [-0.39, 0.29) is 5.88 Å². The first-order valence-corrected chi connectivity index (χ1v) is 6.28. The van der Waals surface area contributed by atoms with Crippen LogP contribution in [-0.2, 0) is 0 Å². The minimum absolute atomic E-state index is 0.203. The molecule has 3 aromatic rings. The molecular weight excluding hydrogens is 288 g/mol. The predicted molar refractivity (Wildman–Crippen MR) is 67.9 cm³/mol. The van der Waals surface area contributed by atoms with Crippen LogP contribution < -0.4 is 0 Å². The third-order valence-corrected chi connectivity index (χ3v) is 3.94. The molecule has 5 heteroatoms. The molecule has 3 heterocycles. The van der Waals surface area contributed by atoms with Gasteiger partial charge in [-0.2, -0.15) is 0 Å². The van der Waals surface area contributed by atoms with E-state index in [1.54, 1.807) is 34.1 Å².